The molecule has 0 radical (unpaired) electrons. The molecular weight excluding hydrogens is 547 g/mol. The molecule has 1 fully saturated rings. The second-order valence-corrected chi connectivity index (χ2v) is 9.75. The number of halogens is 3. The number of carbonyl (C=O) groups excluding carboxylic acids is 5. The summed E-state index contributed by atoms with van der Waals surface area (Å²) in [6, 6.07) is 0.325. The highest BCUT2D eigenvalue weighted by Gasteiger charge is 2.54. The summed E-state index contributed by atoms with van der Waals surface area (Å²) in [6.07, 6.45) is -8.70. The van der Waals surface area contributed by atoms with Gasteiger partial charge in [0, 0.05) is 33.2 Å². The number of ether oxygens (including phenoxy) is 6. The molecule has 1 aromatic rings. The predicted octanol–water partition coefficient (Wildman–Crippen LogP) is 2.09. The second kappa shape index (κ2) is 13.0. The highest BCUT2D eigenvalue weighted by atomic mass is 19.2. The minimum Gasteiger partial charge on any atom is -0.463 e. The van der Waals surface area contributed by atoms with Crippen LogP contribution in [0.15, 0.2) is 6.07 Å². The number of benzene rings is 1. The normalized spacial score (nSPS) is 22.5. The van der Waals surface area contributed by atoms with Gasteiger partial charge in [-0.25, -0.2) is 8.78 Å². The molecule has 1 aliphatic rings. The fourth-order valence-corrected chi connectivity index (χ4v) is 3.66. The van der Waals surface area contributed by atoms with Gasteiger partial charge in [0.05, 0.1) is 5.56 Å². The molecule has 0 bridgehead atoms. The molecule has 0 aromatic heterocycles. The minimum atomic E-state index is -2.06. The summed E-state index contributed by atoms with van der Waals surface area (Å²) in [5.41, 5.74) is -1.80. The van der Waals surface area contributed by atoms with Gasteiger partial charge in [0.25, 0.3) is 5.91 Å². The molecule has 1 amide bonds. The van der Waals surface area contributed by atoms with Crippen molar-refractivity contribution in [3.8, 4) is 5.75 Å². The number of rotatable bonds is 8. The lowest BCUT2D eigenvalue weighted by molar-refractivity contribution is -0.289. The standard InChI is InChI=1S/C25H30F3NO11/c1-10(30)35-9-16-19(36-11(2)31)21(37-12(3)32)22(38-13(4)33)24(39-16)40-20-17(27)14(8-15(26)18(20)28)23(34)29-25(5,6)7/h8,16,19,21-22,24H,9H2,1-7H3,(H,29,34). The van der Waals surface area contributed by atoms with E-state index in [0.29, 0.717) is 6.07 Å². The maximum absolute atomic E-state index is 15.4. The minimum absolute atomic E-state index is 0.325. The quantitative estimate of drug-likeness (QED) is 0.275. The molecule has 2 rings (SSSR count). The lowest BCUT2D eigenvalue weighted by Crippen LogP contribution is -2.63. The van der Waals surface area contributed by atoms with E-state index in [2.05, 4.69) is 5.32 Å². The molecular formula is C25H30F3NO11. The zero-order chi connectivity index (χ0) is 30.5. The average Bonchev–Trinajstić information content (AvgIpc) is 2.79. The van der Waals surface area contributed by atoms with Crippen LogP contribution in [0.1, 0.15) is 58.8 Å². The second-order valence-electron chi connectivity index (χ2n) is 9.75. The van der Waals surface area contributed by atoms with Gasteiger partial charge in [-0.3, -0.25) is 24.0 Å². The Hall–Kier alpha value is -3.88. The van der Waals surface area contributed by atoms with Crippen LogP contribution < -0.4 is 10.1 Å². The number of nitrogens with one attached hydrogen (secondary N) is 1. The van der Waals surface area contributed by atoms with Crippen LogP contribution in [0.5, 0.6) is 5.75 Å². The van der Waals surface area contributed by atoms with E-state index in [4.69, 9.17) is 28.4 Å². The van der Waals surface area contributed by atoms with Gasteiger partial charge in [-0.2, -0.15) is 4.39 Å². The number of carbonyl (C=O) groups is 5. The third-order valence-corrected chi connectivity index (χ3v) is 5.03. The van der Waals surface area contributed by atoms with Crippen molar-refractivity contribution in [2.75, 3.05) is 6.61 Å². The van der Waals surface area contributed by atoms with E-state index in [1.54, 1.807) is 20.8 Å². The Morgan fingerprint density at radius 2 is 1.35 bits per heavy atom. The van der Waals surface area contributed by atoms with E-state index in [1.807, 2.05) is 0 Å². The number of hydrogen-bond acceptors (Lipinski definition) is 11. The summed E-state index contributed by atoms with van der Waals surface area (Å²) < 4.78 is 76.1. The molecule has 1 aromatic carbocycles. The van der Waals surface area contributed by atoms with Crippen LogP contribution >= 0.6 is 0 Å². The Kier molecular flexibility index (Phi) is 10.5. The van der Waals surface area contributed by atoms with Gasteiger partial charge in [-0.1, -0.05) is 0 Å². The van der Waals surface area contributed by atoms with Gasteiger partial charge >= 0.3 is 23.9 Å². The highest BCUT2D eigenvalue weighted by molar-refractivity contribution is 5.95. The van der Waals surface area contributed by atoms with Crippen LogP contribution in [0.4, 0.5) is 13.2 Å². The molecule has 15 heteroatoms. The monoisotopic (exact) mass is 577 g/mol. The average molecular weight is 578 g/mol. The van der Waals surface area contributed by atoms with Crippen LogP contribution in [0.2, 0.25) is 0 Å². The van der Waals surface area contributed by atoms with Crippen molar-refractivity contribution in [3.63, 3.8) is 0 Å². The number of hydrogen-bond donors (Lipinski definition) is 1. The van der Waals surface area contributed by atoms with Crippen LogP contribution in [-0.2, 0) is 42.9 Å². The van der Waals surface area contributed by atoms with Crippen molar-refractivity contribution in [2.24, 2.45) is 0 Å². The van der Waals surface area contributed by atoms with Crippen molar-refractivity contribution in [3.05, 3.63) is 29.1 Å². The topological polar surface area (TPSA) is 153 Å². The molecule has 1 saturated heterocycles. The molecule has 5 unspecified atom stereocenters. The van der Waals surface area contributed by atoms with Crippen molar-refractivity contribution >= 4 is 29.8 Å². The molecule has 1 N–H and O–H groups in total. The first-order chi connectivity index (χ1) is 18.4. The molecule has 5 atom stereocenters. The Labute approximate surface area is 227 Å². The maximum Gasteiger partial charge on any atom is 0.303 e. The van der Waals surface area contributed by atoms with Gasteiger partial charge in [0.2, 0.25) is 18.2 Å². The van der Waals surface area contributed by atoms with Crippen molar-refractivity contribution < 1.29 is 65.6 Å². The van der Waals surface area contributed by atoms with E-state index in [1.165, 1.54) is 0 Å². The lowest BCUT2D eigenvalue weighted by atomic mass is 9.98. The molecule has 1 aliphatic heterocycles. The van der Waals surface area contributed by atoms with Crippen molar-refractivity contribution in [1.82, 2.24) is 5.32 Å². The Morgan fingerprint density at radius 1 is 0.825 bits per heavy atom. The Balaban J connectivity index is 2.64. The summed E-state index contributed by atoms with van der Waals surface area (Å²) in [4.78, 5) is 59.6. The molecule has 1 heterocycles. The van der Waals surface area contributed by atoms with Crippen LogP contribution in [0, 0.1) is 17.5 Å². The predicted molar refractivity (Wildman–Crippen MR) is 126 cm³/mol. The zero-order valence-electron chi connectivity index (χ0n) is 22.8. The largest absolute Gasteiger partial charge is 0.463 e. The van der Waals surface area contributed by atoms with E-state index in [0.717, 1.165) is 27.7 Å². The summed E-state index contributed by atoms with van der Waals surface area (Å²) in [5.74, 6) is -11.4. The third-order valence-electron chi connectivity index (χ3n) is 5.03. The van der Waals surface area contributed by atoms with E-state index >= 15 is 4.39 Å². The molecule has 40 heavy (non-hydrogen) atoms. The summed E-state index contributed by atoms with van der Waals surface area (Å²) in [7, 11) is 0. The van der Waals surface area contributed by atoms with Crippen molar-refractivity contribution in [1.29, 1.82) is 0 Å². The first-order valence-electron chi connectivity index (χ1n) is 11.9. The zero-order valence-corrected chi connectivity index (χ0v) is 22.8. The molecule has 222 valence electrons. The molecule has 12 nitrogen and oxygen atoms in total. The first-order valence-corrected chi connectivity index (χ1v) is 11.9. The van der Waals surface area contributed by atoms with Crippen LogP contribution in [0.3, 0.4) is 0 Å². The van der Waals surface area contributed by atoms with E-state index < -0.39 is 101 Å². The van der Waals surface area contributed by atoms with Crippen molar-refractivity contribution in [2.45, 2.75) is 84.7 Å². The van der Waals surface area contributed by atoms with Crippen LogP contribution in [-0.4, -0.2) is 72.6 Å². The fraction of sp³-hybridized carbons (Fsp3) is 0.560. The molecule has 0 saturated carbocycles. The fourth-order valence-electron chi connectivity index (χ4n) is 3.66. The van der Waals surface area contributed by atoms with Crippen LogP contribution in [0.25, 0.3) is 0 Å². The Morgan fingerprint density at radius 3 is 1.85 bits per heavy atom. The first kappa shape index (κ1) is 32.3. The van der Waals surface area contributed by atoms with E-state index in [9.17, 15) is 32.8 Å². The van der Waals surface area contributed by atoms with Gasteiger partial charge < -0.3 is 33.7 Å². The maximum atomic E-state index is 15.4. The number of amides is 1. The van der Waals surface area contributed by atoms with Gasteiger partial charge in [0.15, 0.2) is 29.6 Å². The summed E-state index contributed by atoms with van der Waals surface area (Å²) >= 11 is 0. The molecule has 0 aliphatic carbocycles. The highest BCUT2D eigenvalue weighted by Crippen LogP contribution is 2.34. The summed E-state index contributed by atoms with van der Waals surface area (Å²) in [5, 5.41) is 2.40. The number of esters is 4. The van der Waals surface area contributed by atoms with Gasteiger partial charge in [-0.15, -0.1) is 0 Å². The van der Waals surface area contributed by atoms with Gasteiger partial charge in [0.1, 0.15) is 12.7 Å². The smallest absolute Gasteiger partial charge is 0.303 e. The molecule has 0 spiro atoms. The lowest BCUT2D eigenvalue weighted by Gasteiger charge is -2.43. The SMILES string of the molecule is CC(=O)OCC1OC(Oc2c(F)c(F)cc(C(=O)NC(C)(C)C)c2F)C(OC(C)=O)C(OC(C)=O)C1OC(C)=O. The third kappa shape index (κ3) is 8.56. The Bertz CT molecular complexity index is 1170. The van der Waals surface area contributed by atoms with E-state index in [-0.39, 0.29) is 0 Å². The summed E-state index contributed by atoms with van der Waals surface area (Å²) in [6.45, 7) is 8.00. The van der Waals surface area contributed by atoms with Gasteiger partial charge in [-0.05, 0) is 26.8 Å².